The first-order valence-corrected chi connectivity index (χ1v) is 7.65. The Balaban J connectivity index is 1.80. The molecular formula is C19H24N2O. The minimum absolute atomic E-state index is 0.0316. The highest BCUT2D eigenvalue weighted by Gasteiger charge is 2.09. The average molecular weight is 296 g/mol. The van der Waals surface area contributed by atoms with Crippen molar-refractivity contribution in [3.63, 3.8) is 0 Å². The molecule has 0 atom stereocenters. The van der Waals surface area contributed by atoms with Crippen LogP contribution in [0.1, 0.15) is 22.3 Å². The molecule has 0 aliphatic heterocycles. The highest BCUT2D eigenvalue weighted by Crippen LogP contribution is 2.09. The molecule has 2 amide bonds. The summed E-state index contributed by atoms with van der Waals surface area (Å²) in [4.78, 5) is 13.9. The number of rotatable bonds is 5. The van der Waals surface area contributed by atoms with Crippen molar-refractivity contribution in [1.29, 1.82) is 0 Å². The standard InChI is InChI=1S/C19H24N2O/c1-15-7-6-9-17(13-15)11-12-20-19(22)21(3)14-18-10-5-4-8-16(18)2/h4-10,13H,11-12,14H2,1-3H3,(H,20,22). The van der Waals surface area contributed by atoms with Crippen LogP contribution in [0, 0.1) is 13.8 Å². The van der Waals surface area contributed by atoms with Crippen LogP contribution in [0.3, 0.4) is 0 Å². The molecule has 2 aromatic rings. The van der Waals surface area contributed by atoms with E-state index < -0.39 is 0 Å². The number of amides is 2. The first-order valence-electron chi connectivity index (χ1n) is 7.65. The SMILES string of the molecule is Cc1cccc(CCNC(=O)N(C)Cc2ccccc2C)c1. The second-order valence-electron chi connectivity index (χ2n) is 5.75. The van der Waals surface area contributed by atoms with Crippen molar-refractivity contribution in [2.24, 2.45) is 0 Å². The van der Waals surface area contributed by atoms with E-state index in [1.165, 1.54) is 22.3 Å². The van der Waals surface area contributed by atoms with Crippen LogP contribution >= 0.6 is 0 Å². The van der Waals surface area contributed by atoms with Gasteiger partial charge >= 0.3 is 6.03 Å². The lowest BCUT2D eigenvalue weighted by molar-refractivity contribution is 0.207. The smallest absolute Gasteiger partial charge is 0.317 e. The zero-order chi connectivity index (χ0) is 15.9. The zero-order valence-corrected chi connectivity index (χ0v) is 13.6. The Hall–Kier alpha value is -2.29. The molecule has 2 aromatic carbocycles. The van der Waals surface area contributed by atoms with Crippen LogP contribution in [0.2, 0.25) is 0 Å². The summed E-state index contributed by atoms with van der Waals surface area (Å²) in [7, 11) is 1.83. The maximum absolute atomic E-state index is 12.1. The van der Waals surface area contributed by atoms with Gasteiger partial charge in [-0.05, 0) is 37.0 Å². The third-order valence-electron chi connectivity index (χ3n) is 3.79. The summed E-state index contributed by atoms with van der Waals surface area (Å²) in [5.41, 5.74) is 4.89. The van der Waals surface area contributed by atoms with Crippen molar-refractivity contribution in [1.82, 2.24) is 10.2 Å². The van der Waals surface area contributed by atoms with Crippen LogP contribution in [0.25, 0.3) is 0 Å². The first kappa shape index (κ1) is 16.1. The molecule has 0 heterocycles. The molecular weight excluding hydrogens is 272 g/mol. The monoisotopic (exact) mass is 296 g/mol. The van der Waals surface area contributed by atoms with Crippen LogP contribution in [0.4, 0.5) is 4.79 Å². The molecule has 0 saturated heterocycles. The lowest BCUT2D eigenvalue weighted by atomic mass is 10.1. The van der Waals surface area contributed by atoms with Gasteiger partial charge in [0.05, 0.1) is 0 Å². The number of carbonyl (C=O) groups is 1. The van der Waals surface area contributed by atoms with Gasteiger partial charge in [0.15, 0.2) is 0 Å². The molecule has 0 aliphatic rings. The van der Waals surface area contributed by atoms with Gasteiger partial charge in [0, 0.05) is 20.1 Å². The Morgan fingerprint density at radius 1 is 1.09 bits per heavy atom. The second kappa shape index (κ2) is 7.64. The Morgan fingerprint density at radius 3 is 2.59 bits per heavy atom. The fourth-order valence-electron chi connectivity index (χ4n) is 2.43. The second-order valence-corrected chi connectivity index (χ2v) is 5.75. The molecule has 22 heavy (non-hydrogen) atoms. The lowest BCUT2D eigenvalue weighted by Gasteiger charge is -2.19. The summed E-state index contributed by atoms with van der Waals surface area (Å²) >= 11 is 0. The highest BCUT2D eigenvalue weighted by atomic mass is 16.2. The Kier molecular flexibility index (Phi) is 5.59. The van der Waals surface area contributed by atoms with Crippen LogP contribution in [0.15, 0.2) is 48.5 Å². The Bertz CT molecular complexity index is 637. The topological polar surface area (TPSA) is 32.3 Å². The first-order chi connectivity index (χ1) is 10.6. The van der Waals surface area contributed by atoms with Crippen molar-refractivity contribution < 1.29 is 4.79 Å². The summed E-state index contributed by atoms with van der Waals surface area (Å²) in [6, 6.07) is 16.5. The molecule has 0 fully saturated rings. The molecule has 0 radical (unpaired) electrons. The van der Waals surface area contributed by atoms with Crippen LogP contribution in [-0.4, -0.2) is 24.5 Å². The summed E-state index contributed by atoms with van der Waals surface area (Å²) in [5, 5.41) is 2.98. The van der Waals surface area contributed by atoms with E-state index in [4.69, 9.17) is 0 Å². The third-order valence-corrected chi connectivity index (χ3v) is 3.79. The van der Waals surface area contributed by atoms with Gasteiger partial charge in [-0.3, -0.25) is 0 Å². The van der Waals surface area contributed by atoms with Gasteiger partial charge in [-0.15, -0.1) is 0 Å². The minimum atomic E-state index is -0.0316. The van der Waals surface area contributed by atoms with Crippen LogP contribution in [0.5, 0.6) is 0 Å². The number of nitrogens with one attached hydrogen (secondary N) is 1. The molecule has 2 rings (SSSR count). The van der Waals surface area contributed by atoms with E-state index in [2.05, 4.69) is 55.6 Å². The van der Waals surface area contributed by atoms with Crippen LogP contribution in [-0.2, 0) is 13.0 Å². The van der Waals surface area contributed by atoms with Gasteiger partial charge in [0.25, 0.3) is 0 Å². The number of urea groups is 1. The number of nitrogens with zero attached hydrogens (tertiary/aromatic N) is 1. The van der Waals surface area contributed by atoms with Gasteiger partial charge in [-0.25, -0.2) is 4.79 Å². The summed E-state index contributed by atoms with van der Waals surface area (Å²) in [5.74, 6) is 0. The fourth-order valence-corrected chi connectivity index (χ4v) is 2.43. The van der Waals surface area contributed by atoms with Crippen molar-refractivity contribution >= 4 is 6.03 Å². The van der Waals surface area contributed by atoms with E-state index in [1.807, 2.05) is 19.2 Å². The molecule has 0 spiro atoms. The van der Waals surface area contributed by atoms with E-state index in [0.29, 0.717) is 13.1 Å². The maximum atomic E-state index is 12.1. The molecule has 0 aliphatic carbocycles. The van der Waals surface area contributed by atoms with Gasteiger partial charge in [0.2, 0.25) is 0 Å². The van der Waals surface area contributed by atoms with E-state index in [9.17, 15) is 4.79 Å². The molecule has 3 heteroatoms. The van der Waals surface area contributed by atoms with Crippen molar-refractivity contribution in [3.05, 3.63) is 70.8 Å². The fraction of sp³-hybridized carbons (Fsp3) is 0.316. The van der Waals surface area contributed by atoms with Crippen molar-refractivity contribution in [2.75, 3.05) is 13.6 Å². The normalized spacial score (nSPS) is 10.3. The van der Waals surface area contributed by atoms with Gasteiger partial charge in [-0.1, -0.05) is 54.1 Å². The molecule has 1 N–H and O–H groups in total. The van der Waals surface area contributed by atoms with Crippen molar-refractivity contribution in [2.45, 2.75) is 26.8 Å². The number of carbonyl (C=O) groups excluding carboxylic acids is 1. The number of benzene rings is 2. The zero-order valence-electron chi connectivity index (χ0n) is 13.6. The van der Waals surface area contributed by atoms with Crippen molar-refractivity contribution in [3.8, 4) is 0 Å². The molecule has 3 nitrogen and oxygen atoms in total. The molecule has 0 bridgehead atoms. The Labute approximate surface area is 133 Å². The maximum Gasteiger partial charge on any atom is 0.317 e. The van der Waals surface area contributed by atoms with E-state index in [0.717, 1.165) is 6.42 Å². The Morgan fingerprint density at radius 2 is 1.86 bits per heavy atom. The summed E-state index contributed by atoms with van der Waals surface area (Å²) in [6.07, 6.45) is 0.853. The molecule has 0 unspecified atom stereocenters. The molecule has 0 aromatic heterocycles. The molecule has 116 valence electrons. The number of aryl methyl sites for hydroxylation is 2. The van der Waals surface area contributed by atoms with Gasteiger partial charge in [-0.2, -0.15) is 0 Å². The minimum Gasteiger partial charge on any atom is -0.338 e. The van der Waals surface area contributed by atoms with Gasteiger partial charge < -0.3 is 10.2 Å². The quantitative estimate of drug-likeness (QED) is 0.896. The largest absolute Gasteiger partial charge is 0.338 e. The van der Waals surface area contributed by atoms with E-state index >= 15 is 0 Å². The highest BCUT2D eigenvalue weighted by molar-refractivity contribution is 5.73. The van der Waals surface area contributed by atoms with Gasteiger partial charge in [0.1, 0.15) is 0 Å². The number of hydrogen-bond acceptors (Lipinski definition) is 1. The average Bonchev–Trinajstić information content (AvgIpc) is 2.49. The lowest BCUT2D eigenvalue weighted by Crippen LogP contribution is -2.37. The predicted molar refractivity (Wildman–Crippen MR) is 90.9 cm³/mol. The molecule has 0 saturated carbocycles. The summed E-state index contributed by atoms with van der Waals surface area (Å²) < 4.78 is 0. The van der Waals surface area contributed by atoms with Crippen LogP contribution < -0.4 is 5.32 Å². The number of hydrogen-bond donors (Lipinski definition) is 1. The predicted octanol–water partition coefficient (Wildman–Crippen LogP) is 3.69. The summed E-state index contributed by atoms with van der Waals surface area (Å²) in [6.45, 7) is 5.43. The third kappa shape index (κ3) is 4.62. The van der Waals surface area contributed by atoms with E-state index in [-0.39, 0.29) is 6.03 Å². The van der Waals surface area contributed by atoms with E-state index in [1.54, 1.807) is 4.90 Å².